The first-order valence-corrected chi connectivity index (χ1v) is 2.59. The number of rotatable bonds is 1. The number of allylic oxidation sites excluding steroid dienone is 2. The zero-order chi connectivity index (χ0) is 5.82. The van der Waals surface area contributed by atoms with E-state index in [1.807, 2.05) is 24.4 Å². The van der Waals surface area contributed by atoms with Crippen LogP contribution in [0.25, 0.3) is 0 Å². The van der Waals surface area contributed by atoms with Gasteiger partial charge in [-0.2, -0.15) is 0 Å². The third-order valence-electron chi connectivity index (χ3n) is 0.993. The minimum absolute atomic E-state index is 0.584. The number of hydrogen-bond donors (Lipinski definition) is 2. The molecule has 3 N–H and O–H groups in total. The summed E-state index contributed by atoms with van der Waals surface area (Å²) in [5.41, 5.74) is 5.32. The van der Waals surface area contributed by atoms with Crippen molar-refractivity contribution in [2.75, 3.05) is 6.54 Å². The average molecular weight is 109 g/mol. The van der Waals surface area contributed by atoms with Crippen molar-refractivity contribution in [1.82, 2.24) is 5.32 Å². The van der Waals surface area contributed by atoms with E-state index in [1.54, 1.807) is 0 Å². The van der Waals surface area contributed by atoms with Crippen molar-refractivity contribution in [2.45, 2.75) is 0 Å². The molecule has 0 unspecified atom stereocenters. The minimum Gasteiger partial charge on any atom is -0.378 e. The first-order valence-electron chi connectivity index (χ1n) is 2.59. The van der Waals surface area contributed by atoms with Crippen LogP contribution >= 0.6 is 0 Å². The van der Waals surface area contributed by atoms with Gasteiger partial charge < -0.3 is 11.1 Å². The Balaban J connectivity index is 2.40. The number of dihydropyridines is 1. The Labute approximate surface area is 49.1 Å². The predicted octanol–water partition coefficient (Wildman–Crippen LogP) is 0.150. The van der Waals surface area contributed by atoms with E-state index in [4.69, 9.17) is 5.73 Å². The van der Waals surface area contributed by atoms with Crippen LogP contribution < -0.4 is 11.1 Å². The van der Waals surface area contributed by atoms with Crippen molar-refractivity contribution in [3.05, 3.63) is 30.5 Å². The van der Waals surface area contributed by atoms with Crippen molar-refractivity contribution < 1.29 is 0 Å². The smallest absolute Gasteiger partial charge is 0.0957 e. The van der Waals surface area contributed by atoms with Crippen LogP contribution in [0.4, 0.5) is 0 Å². The maximum atomic E-state index is 5.32. The lowest BCUT2D eigenvalue weighted by molar-refractivity contribution is 0.857. The molecule has 0 atom stereocenters. The highest BCUT2D eigenvalue weighted by molar-refractivity contribution is 5.21. The van der Waals surface area contributed by atoms with Crippen LogP contribution in [0.15, 0.2) is 24.4 Å². The highest BCUT2D eigenvalue weighted by Gasteiger charge is 1.98. The second-order valence-corrected chi connectivity index (χ2v) is 1.59. The molecule has 2 nitrogen and oxygen atoms in total. The molecule has 0 bridgehead atoms. The van der Waals surface area contributed by atoms with Crippen LogP contribution in [0, 0.1) is 6.04 Å². The highest BCUT2D eigenvalue weighted by Crippen LogP contribution is 1.98. The summed E-state index contributed by atoms with van der Waals surface area (Å²) >= 11 is 0. The summed E-state index contributed by atoms with van der Waals surface area (Å²) in [6.07, 6.45) is 7.71. The largest absolute Gasteiger partial charge is 0.378 e. The Hall–Kier alpha value is -0.760. The Morgan fingerprint density at radius 2 is 2.38 bits per heavy atom. The lowest BCUT2D eigenvalue weighted by Gasteiger charge is -2.10. The van der Waals surface area contributed by atoms with Gasteiger partial charge >= 0.3 is 0 Å². The van der Waals surface area contributed by atoms with Crippen molar-refractivity contribution in [3.63, 3.8) is 0 Å². The molecule has 43 valence electrons. The summed E-state index contributed by atoms with van der Waals surface area (Å²) in [6.45, 7) is 0.584. The molecule has 1 heterocycles. The van der Waals surface area contributed by atoms with Gasteiger partial charge in [0.1, 0.15) is 0 Å². The first kappa shape index (κ1) is 5.38. The van der Waals surface area contributed by atoms with Crippen LogP contribution in [0.3, 0.4) is 0 Å². The number of nitrogens with one attached hydrogen (secondary N) is 1. The third kappa shape index (κ3) is 1.10. The second-order valence-electron chi connectivity index (χ2n) is 1.59. The molecule has 1 radical (unpaired) electrons. The molecule has 1 aliphatic rings. The number of hydrogen-bond acceptors (Lipinski definition) is 2. The van der Waals surface area contributed by atoms with Gasteiger partial charge in [0.05, 0.1) is 6.04 Å². The van der Waals surface area contributed by atoms with E-state index in [2.05, 4.69) is 5.32 Å². The van der Waals surface area contributed by atoms with Gasteiger partial charge in [-0.3, -0.25) is 0 Å². The zero-order valence-corrected chi connectivity index (χ0v) is 4.59. The zero-order valence-electron chi connectivity index (χ0n) is 4.59. The molecule has 1 aliphatic heterocycles. The number of nitrogens with two attached hydrogens (primary N) is 1. The topological polar surface area (TPSA) is 38.0 Å². The van der Waals surface area contributed by atoms with Gasteiger partial charge in [0.2, 0.25) is 0 Å². The molecule has 1 rings (SSSR count). The summed E-state index contributed by atoms with van der Waals surface area (Å²) in [7, 11) is 0. The molecule has 0 aromatic rings. The van der Waals surface area contributed by atoms with Gasteiger partial charge in [-0.25, -0.2) is 0 Å². The molecular formula is C6H9N2. The lowest BCUT2D eigenvalue weighted by Crippen LogP contribution is -2.23. The fraction of sp³-hybridized carbons (Fsp3) is 0.167. The quantitative estimate of drug-likeness (QED) is 0.503. The van der Waals surface area contributed by atoms with Gasteiger partial charge in [0, 0.05) is 6.54 Å². The molecular weight excluding hydrogens is 100 g/mol. The van der Waals surface area contributed by atoms with Crippen molar-refractivity contribution in [3.8, 4) is 0 Å². The van der Waals surface area contributed by atoms with Crippen LogP contribution in [-0.4, -0.2) is 6.54 Å². The van der Waals surface area contributed by atoms with Gasteiger partial charge in [-0.05, 0) is 12.3 Å². The molecule has 0 amide bonds. The van der Waals surface area contributed by atoms with Crippen LogP contribution in [0.2, 0.25) is 0 Å². The molecule has 0 saturated carbocycles. The van der Waals surface area contributed by atoms with E-state index in [0.29, 0.717) is 6.54 Å². The molecule has 2 heteroatoms. The summed E-state index contributed by atoms with van der Waals surface area (Å²) in [5.74, 6) is 0. The van der Waals surface area contributed by atoms with E-state index >= 15 is 0 Å². The van der Waals surface area contributed by atoms with Crippen molar-refractivity contribution in [2.24, 2.45) is 5.73 Å². The standard InChI is InChI=1S/C6H9N2/c7-5-6-3-1-2-4-8-6/h1-4,8H,5,7H2. The normalized spacial score (nSPS) is 18.6. The van der Waals surface area contributed by atoms with E-state index in [-0.39, 0.29) is 0 Å². The second kappa shape index (κ2) is 2.52. The van der Waals surface area contributed by atoms with E-state index < -0.39 is 0 Å². The molecule has 0 saturated heterocycles. The van der Waals surface area contributed by atoms with E-state index in [0.717, 1.165) is 6.04 Å². The van der Waals surface area contributed by atoms with Gasteiger partial charge in [0.25, 0.3) is 0 Å². The maximum Gasteiger partial charge on any atom is 0.0957 e. The van der Waals surface area contributed by atoms with Crippen molar-refractivity contribution >= 4 is 0 Å². The minimum atomic E-state index is 0.584. The third-order valence-corrected chi connectivity index (χ3v) is 0.993. The molecule has 0 aromatic carbocycles. The average Bonchev–Trinajstić information content (AvgIpc) is 1.90. The molecule has 0 aromatic heterocycles. The van der Waals surface area contributed by atoms with Crippen LogP contribution in [-0.2, 0) is 0 Å². The van der Waals surface area contributed by atoms with Gasteiger partial charge in [0.15, 0.2) is 0 Å². The fourth-order valence-electron chi connectivity index (χ4n) is 0.557. The Bertz CT molecular complexity index is 116. The molecule has 0 fully saturated rings. The molecule has 0 aliphatic carbocycles. The lowest BCUT2D eigenvalue weighted by atomic mass is 10.2. The van der Waals surface area contributed by atoms with Crippen molar-refractivity contribution in [1.29, 1.82) is 0 Å². The summed E-state index contributed by atoms with van der Waals surface area (Å²) in [6, 6.07) is 1.06. The first-order chi connectivity index (χ1) is 3.93. The Morgan fingerprint density at radius 3 is 2.75 bits per heavy atom. The van der Waals surface area contributed by atoms with Gasteiger partial charge in [-0.1, -0.05) is 12.2 Å². The SMILES string of the molecule is NC[C]1C=CC=CN1. The van der Waals surface area contributed by atoms with E-state index in [9.17, 15) is 0 Å². The summed E-state index contributed by atoms with van der Waals surface area (Å²) in [5, 5.41) is 2.99. The van der Waals surface area contributed by atoms with E-state index in [1.165, 1.54) is 0 Å². The Morgan fingerprint density at radius 1 is 1.50 bits per heavy atom. The predicted molar refractivity (Wildman–Crippen MR) is 33.7 cm³/mol. The highest BCUT2D eigenvalue weighted by atomic mass is 14.9. The summed E-state index contributed by atoms with van der Waals surface area (Å²) < 4.78 is 0. The Kier molecular flexibility index (Phi) is 1.70. The fourth-order valence-corrected chi connectivity index (χ4v) is 0.557. The van der Waals surface area contributed by atoms with Crippen LogP contribution in [0.5, 0.6) is 0 Å². The van der Waals surface area contributed by atoms with Gasteiger partial charge in [-0.15, -0.1) is 0 Å². The maximum absolute atomic E-state index is 5.32. The molecule has 0 spiro atoms. The molecule has 8 heavy (non-hydrogen) atoms. The monoisotopic (exact) mass is 109 g/mol. The van der Waals surface area contributed by atoms with Crippen LogP contribution in [0.1, 0.15) is 0 Å². The summed E-state index contributed by atoms with van der Waals surface area (Å²) in [4.78, 5) is 0.